The predicted octanol–water partition coefficient (Wildman–Crippen LogP) is 3.36. The molecule has 0 saturated carbocycles. The van der Waals surface area contributed by atoms with Crippen LogP contribution in [0.25, 0.3) is 0 Å². The van der Waals surface area contributed by atoms with Crippen LogP contribution in [0.3, 0.4) is 0 Å². The summed E-state index contributed by atoms with van der Waals surface area (Å²) in [5.74, 6) is 1.37. The molecule has 0 amide bonds. The van der Waals surface area contributed by atoms with Crippen molar-refractivity contribution < 1.29 is 9.47 Å². The molecule has 110 valence electrons. The molecule has 1 aromatic carbocycles. The van der Waals surface area contributed by atoms with E-state index < -0.39 is 0 Å². The number of pyridine rings is 1. The Kier molecular flexibility index (Phi) is 4.27. The molecule has 0 fully saturated rings. The van der Waals surface area contributed by atoms with Crippen molar-refractivity contribution in [1.29, 1.82) is 0 Å². The molecule has 5 heteroatoms. The number of hydrogen-bond acceptors (Lipinski definition) is 4. The van der Waals surface area contributed by atoms with Gasteiger partial charge in [-0.1, -0.05) is 17.7 Å². The SMILES string of the molecule is C[C@@H](NCc1cc(Cl)c2c(c1)OCCO2)c1cccnc1. The van der Waals surface area contributed by atoms with Gasteiger partial charge in [0.05, 0.1) is 5.02 Å². The molecule has 0 aliphatic carbocycles. The molecule has 21 heavy (non-hydrogen) atoms. The number of ether oxygens (including phenoxy) is 2. The molecule has 1 aliphatic heterocycles. The molecular formula is C16H17ClN2O2. The van der Waals surface area contributed by atoms with E-state index in [9.17, 15) is 0 Å². The number of nitrogens with one attached hydrogen (secondary N) is 1. The van der Waals surface area contributed by atoms with Crippen LogP contribution in [0, 0.1) is 0 Å². The third-order valence-corrected chi connectivity index (χ3v) is 3.73. The van der Waals surface area contributed by atoms with Gasteiger partial charge in [-0.2, -0.15) is 0 Å². The highest BCUT2D eigenvalue weighted by molar-refractivity contribution is 6.32. The Hall–Kier alpha value is -1.78. The summed E-state index contributed by atoms with van der Waals surface area (Å²) in [5.41, 5.74) is 2.22. The summed E-state index contributed by atoms with van der Waals surface area (Å²) in [7, 11) is 0. The van der Waals surface area contributed by atoms with E-state index in [2.05, 4.69) is 23.3 Å². The van der Waals surface area contributed by atoms with Crippen molar-refractivity contribution in [2.24, 2.45) is 0 Å². The first-order valence-electron chi connectivity index (χ1n) is 6.95. The molecule has 0 spiro atoms. The van der Waals surface area contributed by atoms with Crippen LogP contribution in [0.5, 0.6) is 11.5 Å². The minimum Gasteiger partial charge on any atom is -0.486 e. The zero-order valence-electron chi connectivity index (χ0n) is 11.8. The minimum atomic E-state index is 0.214. The Morgan fingerprint density at radius 2 is 2.19 bits per heavy atom. The number of benzene rings is 1. The molecule has 3 rings (SSSR count). The van der Waals surface area contributed by atoms with Gasteiger partial charge in [0.15, 0.2) is 11.5 Å². The number of hydrogen-bond donors (Lipinski definition) is 1. The van der Waals surface area contributed by atoms with Crippen molar-refractivity contribution >= 4 is 11.6 Å². The first kappa shape index (κ1) is 14.2. The van der Waals surface area contributed by atoms with Crippen molar-refractivity contribution in [3.63, 3.8) is 0 Å². The summed E-state index contributed by atoms with van der Waals surface area (Å²) in [6.45, 7) is 3.91. The number of rotatable bonds is 4. The van der Waals surface area contributed by atoms with E-state index in [0.717, 1.165) is 16.9 Å². The monoisotopic (exact) mass is 304 g/mol. The van der Waals surface area contributed by atoms with Gasteiger partial charge in [0.2, 0.25) is 0 Å². The van der Waals surface area contributed by atoms with Gasteiger partial charge in [-0.3, -0.25) is 4.98 Å². The smallest absolute Gasteiger partial charge is 0.179 e. The molecule has 1 atom stereocenters. The first-order chi connectivity index (χ1) is 10.2. The molecule has 2 aromatic rings. The Balaban J connectivity index is 1.69. The van der Waals surface area contributed by atoms with Crippen molar-refractivity contribution in [2.45, 2.75) is 19.5 Å². The van der Waals surface area contributed by atoms with Crippen LogP contribution in [-0.2, 0) is 6.54 Å². The Bertz CT molecular complexity index is 619. The Morgan fingerprint density at radius 1 is 1.33 bits per heavy atom. The van der Waals surface area contributed by atoms with Gasteiger partial charge < -0.3 is 14.8 Å². The summed E-state index contributed by atoms with van der Waals surface area (Å²) in [5, 5.41) is 4.05. The quantitative estimate of drug-likeness (QED) is 0.940. The maximum Gasteiger partial charge on any atom is 0.179 e. The summed E-state index contributed by atoms with van der Waals surface area (Å²) in [4.78, 5) is 4.13. The molecule has 0 radical (unpaired) electrons. The van der Waals surface area contributed by atoms with Gasteiger partial charge >= 0.3 is 0 Å². The van der Waals surface area contributed by atoms with Crippen LogP contribution in [0.4, 0.5) is 0 Å². The molecule has 4 nitrogen and oxygen atoms in total. The molecule has 1 N–H and O–H groups in total. The van der Waals surface area contributed by atoms with E-state index in [1.54, 1.807) is 6.20 Å². The molecule has 1 aromatic heterocycles. The fourth-order valence-electron chi connectivity index (χ4n) is 2.29. The first-order valence-corrected chi connectivity index (χ1v) is 7.33. The second-order valence-electron chi connectivity index (χ2n) is 4.99. The van der Waals surface area contributed by atoms with Crippen molar-refractivity contribution in [3.8, 4) is 11.5 Å². The van der Waals surface area contributed by atoms with Gasteiger partial charge in [-0.15, -0.1) is 0 Å². The van der Waals surface area contributed by atoms with E-state index in [4.69, 9.17) is 21.1 Å². The van der Waals surface area contributed by atoms with Gasteiger partial charge in [0.1, 0.15) is 13.2 Å². The summed E-state index contributed by atoms with van der Waals surface area (Å²) < 4.78 is 11.1. The van der Waals surface area contributed by atoms with Gasteiger partial charge in [0, 0.05) is 25.0 Å². The highest BCUT2D eigenvalue weighted by Gasteiger charge is 2.16. The highest BCUT2D eigenvalue weighted by atomic mass is 35.5. The number of nitrogens with zero attached hydrogens (tertiary/aromatic N) is 1. The average molecular weight is 305 g/mol. The van der Waals surface area contributed by atoms with Crippen molar-refractivity contribution in [2.75, 3.05) is 13.2 Å². The van der Waals surface area contributed by atoms with E-state index in [1.807, 2.05) is 24.4 Å². The van der Waals surface area contributed by atoms with E-state index >= 15 is 0 Å². The number of aromatic nitrogens is 1. The van der Waals surface area contributed by atoms with E-state index in [0.29, 0.717) is 30.5 Å². The van der Waals surface area contributed by atoms with Gasteiger partial charge in [0.25, 0.3) is 0 Å². The normalized spacial score (nSPS) is 14.8. The lowest BCUT2D eigenvalue weighted by Gasteiger charge is -2.21. The average Bonchev–Trinajstić information content (AvgIpc) is 2.53. The van der Waals surface area contributed by atoms with Crippen LogP contribution in [-0.4, -0.2) is 18.2 Å². The van der Waals surface area contributed by atoms with Gasteiger partial charge in [-0.25, -0.2) is 0 Å². The van der Waals surface area contributed by atoms with Crippen molar-refractivity contribution in [1.82, 2.24) is 10.3 Å². The van der Waals surface area contributed by atoms with Crippen LogP contribution >= 0.6 is 11.6 Å². The Labute approximate surface area is 129 Å². The molecule has 0 saturated heterocycles. The number of halogens is 1. The second kappa shape index (κ2) is 6.33. The fraction of sp³-hybridized carbons (Fsp3) is 0.312. The van der Waals surface area contributed by atoms with Crippen LogP contribution in [0.2, 0.25) is 5.02 Å². The lowest BCUT2D eigenvalue weighted by atomic mass is 10.1. The third-order valence-electron chi connectivity index (χ3n) is 3.45. The summed E-state index contributed by atoms with van der Waals surface area (Å²) >= 11 is 6.24. The second-order valence-corrected chi connectivity index (χ2v) is 5.40. The molecule has 2 heterocycles. The Morgan fingerprint density at radius 3 is 3.00 bits per heavy atom. The standard InChI is InChI=1S/C16H17ClN2O2/c1-11(13-3-2-4-18-10-13)19-9-12-7-14(17)16-15(8-12)20-5-6-21-16/h2-4,7-8,10-11,19H,5-6,9H2,1H3/t11-/m1/s1. The predicted molar refractivity (Wildman–Crippen MR) is 81.9 cm³/mol. The zero-order chi connectivity index (χ0) is 14.7. The lowest BCUT2D eigenvalue weighted by Crippen LogP contribution is -2.19. The van der Waals surface area contributed by atoms with Crippen LogP contribution < -0.4 is 14.8 Å². The topological polar surface area (TPSA) is 43.4 Å². The molecule has 0 bridgehead atoms. The zero-order valence-corrected chi connectivity index (χ0v) is 12.6. The van der Waals surface area contributed by atoms with Gasteiger partial charge in [-0.05, 0) is 36.2 Å². The third kappa shape index (κ3) is 3.28. The highest BCUT2D eigenvalue weighted by Crippen LogP contribution is 2.38. The lowest BCUT2D eigenvalue weighted by molar-refractivity contribution is 0.171. The van der Waals surface area contributed by atoms with Crippen LogP contribution in [0.15, 0.2) is 36.7 Å². The van der Waals surface area contributed by atoms with Crippen LogP contribution in [0.1, 0.15) is 24.1 Å². The minimum absolute atomic E-state index is 0.214. The van der Waals surface area contributed by atoms with Crippen molar-refractivity contribution in [3.05, 3.63) is 52.8 Å². The molecule has 0 unspecified atom stereocenters. The summed E-state index contributed by atoms with van der Waals surface area (Å²) in [6, 6.07) is 8.10. The largest absolute Gasteiger partial charge is 0.486 e. The molecule has 1 aliphatic rings. The fourth-order valence-corrected chi connectivity index (χ4v) is 2.58. The number of fused-ring (bicyclic) bond motifs is 1. The van der Waals surface area contributed by atoms with E-state index in [-0.39, 0.29) is 6.04 Å². The maximum absolute atomic E-state index is 6.24. The molecular weight excluding hydrogens is 288 g/mol. The maximum atomic E-state index is 6.24. The summed E-state index contributed by atoms with van der Waals surface area (Å²) in [6.07, 6.45) is 3.64. The van der Waals surface area contributed by atoms with E-state index in [1.165, 1.54) is 0 Å².